The summed E-state index contributed by atoms with van der Waals surface area (Å²) in [5.41, 5.74) is 4.77. The van der Waals surface area contributed by atoms with Crippen molar-refractivity contribution in [3.8, 4) is 0 Å². The standard InChI is InChI=1S/C10H10F3N/c11-8-5-1-3-7(4-2-6-14)9(8)10(12)13/h1-5,10H,6,14H2/b4-2+. The van der Waals surface area contributed by atoms with Gasteiger partial charge in [0.25, 0.3) is 6.43 Å². The second kappa shape index (κ2) is 4.81. The molecule has 0 aliphatic rings. The van der Waals surface area contributed by atoms with Gasteiger partial charge in [0, 0.05) is 6.54 Å². The van der Waals surface area contributed by atoms with E-state index in [1.165, 1.54) is 24.3 Å². The molecule has 2 N–H and O–H groups in total. The summed E-state index contributed by atoms with van der Waals surface area (Å²) in [6, 6.07) is 3.83. The molecule has 1 rings (SSSR count). The van der Waals surface area contributed by atoms with Crippen LogP contribution >= 0.6 is 0 Å². The molecule has 0 aliphatic heterocycles. The van der Waals surface area contributed by atoms with Gasteiger partial charge in [-0.1, -0.05) is 24.3 Å². The van der Waals surface area contributed by atoms with Crippen molar-refractivity contribution in [3.05, 3.63) is 41.2 Å². The van der Waals surface area contributed by atoms with Crippen LogP contribution in [0.15, 0.2) is 24.3 Å². The van der Waals surface area contributed by atoms with E-state index in [1.807, 2.05) is 0 Å². The van der Waals surface area contributed by atoms with Gasteiger partial charge in [-0.15, -0.1) is 0 Å². The maximum Gasteiger partial charge on any atom is 0.267 e. The molecule has 4 heteroatoms. The first-order valence-electron chi connectivity index (χ1n) is 4.10. The lowest BCUT2D eigenvalue weighted by atomic mass is 10.1. The summed E-state index contributed by atoms with van der Waals surface area (Å²) in [6.07, 6.45) is 0.0826. The molecule has 1 nitrogen and oxygen atoms in total. The molecule has 0 amide bonds. The van der Waals surface area contributed by atoms with Crippen LogP contribution in [0, 0.1) is 5.82 Å². The van der Waals surface area contributed by atoms with Crippen molar-refractivity contribution in [2.75, 3.05) is 6.54 Å². The second-order valence-electron chi connectivity index (χ2n) is 2.68. The Bertz CT molecular complexity index is 334. The molecule has 0 unspecified atom stereocenters. The monoisotopic (exact) mass is 201 g/mol. The van der Waals surface area contributed by atoms with Crippen molar-refractivity contribution in [2.24, 2.45) is 5.73 Å². The Morgan fingerprint density at radius 2 is 2.07 bits per heavy atom. The number of nitrogens with two attached hydrogens (primary N) is 1. The van der Waals surface area contributed by atoms with Crippen molar-refractivity contribution >= 4 is 6.08 Å². The fourth-order valence-electron chi connectivity index (χ4n) is 1.12. The molecule has 1 aromatic carbocycles. The third-order valence-electron chi connectivity index (χ3n) is 1.74. The minimum atomic E-state index is -2.81. The number of rotatable bonds is 3. The van der Waals surface area contributed by atoms with Crippen LogP contribution in [0.3, 0.4) is 0 Å². The molecule has 0 heterocycles. The normalized spacial score (nSPS) is 11.5. The van der Waals surface area contributed by atoms with E-state index in [4.69, 9.17) is 5.73 Å². The molecule has 0 aliphatic carbocycles. The van der Waals surface area contributed by atoms with Crippen LogP contribution in [-0.4, -0.2) is 6.54 Å². The van der Waals surface area contributed by atoms with Gasteiger partial charge in [-0.3, -0.25) is 0 Å². The number of halogens is 3. The largest absolute Gasteiger partial charge is 0.327 e. The molecule has 0 saturated carbocycles. The Labute approximate surface area is 80.0 Å². The molecular formula is C10H10F3N. The summed E-state index contributed by atoms with van der Waals surface area (Å²) < 4.78 is 37.8. The summed E-state index contributed by atoms with van der Waals surface area (Å²) in [5, 5.41) is 0. The Kier molecular flexibility index (Phi) is 3.71. The lowest BCUT2D eigenvalue weighted by Crippen LogP contribution is -1.96. The quantitative estimate of drug-likeness (QED) is 0.799. The molecule has 0 spiro atoms. The highest BCUT2D eigenvalue weighted by atomic mass is 19.3. The molecule has 0 aromatic heterocycles. The van der Waals surface area contributed by atoms with Gasteiger partial charge in [0.05, 0.1) is 5.56 Å². The van der Waals surface area contributed by atoms with Crippen LogP contribution in [0.1, 0.15) is 17.6 Å². The topological polar surface area (TPSA) is 26.0 Å². The van der Waals surface area contributed by atoms with Crippen molar-refractivity contribution < 1.29 is 13.2 Å². The smallest absolute Gasteiger partial charge is 0.267 e. The van der Waals surface area contributed by atoms with E-state index in [1.54, 1.807) is 0 Å². The summed E-state index contributed by atoms with van der Waals surface area (Å²) in [5.74, 6) is -0.890. The third-order valence-corrected chi connectivity index (χ3v) is 1.74. The zero-order valence-corrected chi connectivity index (χ0v) is 7.38. The Balaban J connectivity index is 3.14. The Morgan fingerprint density at radius 3 is 2.64 bits per heavy atom. The van der Waals surface area contributed by atoms with E-state index < -0.39 is 17.8 Å². The zero-order chi connectivity index (χ0) is 10.6. The average Bonchev–Trinajstić information content (AvgIpc) is 2.14. The maximum atomic E-state index is 13.0. The van der Waals surface area contributed by atoms with E-state index in [2.05, 4.69) is 0 Å². The molecule has 0 radical (unpaired) electrons. The van der Waals surface area contributed by atoms with Crippen LogP contribution < -0.4 is 5.73 Å². The minimum absolute atomic E-state index is 0.172. The molecule has 0 saturated heterocycles. The predicted molar refractivity (Wildman–Crippen MR) is 49.4 cm³/mol. The van der Waals surface area contributed by atoms with E-state index in [9.17, 15) is 13.2 Å². The summed E-state index contributed by atoms with van der Waals surface area (Å²) >= 11 is 0. The maximum absolute atomic E-state index is 13.0. The molecule has 0 bridgehead atoms. The summed E-state index contributed by atoms with van der Waals surface area (Å²) in [4.78, 5) is 0. The highest BCUT2D eigenvalue weighted by Gasteiger charge is 2.15. The van der Waals surface area contributed by atoms with Gasteiger partial charge in [0.15, 0.2) is 0 Å². The first-order valence-corrected chi connectivity index (χ1v) is 4.10. The Hall–Kier alpha value is -1.29. The highest BCUT2D eigenvalue weighted by Crippen LogP contribution is 2.26. The van der Waals surface area contributed by atoms with Crippen LogP contribution in [0.25, 0.3) is 6.08 Å². The SMILES string of the molecule is NC/C=C/c1cccc(F)c1C(F)F. The van der Waals surface area contributed by atoms with Gasteiger partial charge in [-0.25, -0.2) is 13.2 Å². The van der Waals surface area contributed by atoms with Crippen LogP contribution in [0.4, 0.5) is 13.2 Å². The lowest BCUT2D eigenvalue weighted by molar-refractivity contribution is 0.146. The van der Waals surface area contributed by atoms with Crippen molar-refractivity contribution in [1.29, 1.82) is 0 Å². The first kappa shape index (κ1) is 10.8. The van der Waals surface area contributed by atoms with Crippen molar-refractivity contribution in [1.82, 2.24) is 0 Å². The van der Waals surface area contributed by atoms with Crippen LogP contribution in [0.2, 0.25) is 0 Å². The van der Waals surface area contributed by atoms with Crippen LogP contribution in [-0.2, 0) is 0 Å². The number of hydrogen-bond acceptors (Lipinski definition) is 1. The van der Waals surface area contributed by atoms with Gasteiger partial charge in [0.1, 0.15) is 5.82 Å². The summed E-state index contributed by atoms with van der Waals surface area (Å²) in [6.45, 7) is 0.235. The fourth-order valence-corrected chi connectivity index (χ4v) is 1.12. The number of benzene rings is 1. The number of alkyl halides is 2. The minimum Gasteiger partial charge on any atom is -0.327 e. The molecular weight excluding hydrogens is 191 g/mol. The Morgan fingerprint density at radius 1 is 1.36 bits per heavy atom. The highest BCUT2D eigenvalue weighted by molar-refractivity contribution is 5.54. The zero-order valence-electron chi connectivity index (χ0n) is 7.38. The molecule has 14 heavy (non-hydrogen) atoms. The van der Waals surface area contributed by atoms with E-state index in [0.29, 0.717) is 0 Å². The van der Waals surface area contributed by atoms with Gasteiger partial charge in [-0.05, 0) is 11.6 Å². The van der Waals surface area contributed by atoms with Crippen molar-refractivity contribution in [2.45, 2.75) is 6.43 Å². The van der Waals surface area contributed by atoms with Crippen LogP contribution in [0.5, 0.6) is 0 Å². The van der Waals surface area contributed by atoms with Gasteiger partial charge < -0.3 is 5.73 Å². The first-order chi connectivity index (χ1) is 6.66. The van der Waals surface area contributed by atoms with Crippen molar-refractivity contribution in [3.63, 3.8) is 0 Å². The average molecular weight is 201 g/mol. The van der Waals surface area contributed by atoms with E-state index in [0.717, 1.165) is 6.07 Å². The van der Waals surface area contributed by atoms with E-state index in [-0.39, 0.29) is 12.1 Å². The summed E-state index contributed by atoms with van der Waals surface area (Å²) in [7, 11) is 0. The molecule has 0 fully saturated rings. The third kappa shape index (κ3) is 2.35. The number of hydrogen-bond donors (Lipinski definition) is 1. The van der Waals surface area contributed by atoms with E-state index >= 15 is 0 Å². The second-order valence-corrected chi connectivity index (χ2v) is 2.68. The molecule has 0 atom stereocenters. The van der Waals surface area contributed by atoms with Gasteiger partial charge in [0.2, 0.25) is 0 Å². The lowest BCUT2D eigenvalue weighted by Gasteiger charge is -2.05. The van der Waals surface area contributed by atoms with Gasteiger partial charge in [-0.2, -0.15) is 0 Å². The predicted octanol–water partition coefficient (Wildman–Crippen LogP) is 2.74. The fraction of sp³-hybridized carbons (Fsp3) is 0.200. The molecule has 76 valence electrons. The van der Waals surface area contributed by atoms with Gasteiger partial charge >= 0.3 is 0 Å². The molecule has 1 aromatic rings.